The molecule has 2 aromatic heterocycles. The number of piperidine rings is 1. The fourth-order valence-corrected chi connectivity index (χ4v) is 4.63. The van der Waals surface area contributed by atoms with Crippen LogP contribution in [0.25, 0.3) is 11.1 Å². The minimum Gasteiger partial charge on any atom is -0.356 e. The van der Waals surface area contributed by atoms with E-state index in [1.54, 1.807) is 6.33 Å². The highest BCUT2D eigenvalue weighted by Crippen LogP contribution is 2.35. The fourth-order valence-electron chi connectivity index (χ4n) is 4.63. The van der Waals surface area contributed by atoms with Crippen molar-refractivity contribution in [3.63, 3.8) is 0 Å². The molecular weight excluding hydrogens is 314 g/mol. The first-order chi connectivity index (χ1) is 12.1. The molecule has 4 rings (SSSR count). The summed E-state index contributed by atoms with van der Waals surface area (Å²) in [5.41, 5.74) is 1.49. The van der Waals surface area contributed by atoms with Crippen molar-refractivity contribution in [2.75, 3.05) is 37.6 Å². The molecule has 0 amide bonds. The summed E-state index contributed by atoms with van der Waals surface area (Å²) in [6.07, 6.45) is 5.55. The lowest BCUT2D eigenvalue weighted by Crippen LogP contribution is -2.38. The van der Waals surface area contributed by atoms with Gasteiger partial charge < -0.3 is 14.3 Å². The first-order valence-corrected chi connectivity index (χ1v) is 9.66. The maximum absolute atomic E-state index is 5.30. The smallest absolute Gasteiger partial charge is 0.263 e. The normalized spacial score (nSPS) is 23.2. The Labute approximate surface area is 149 Å². The Balaban J connectivity index is 1.41. The van der Waals surface area contributed by atoms with Crippen LogP contribution in [0.1, 0.15) is 38.8 Å². The van der Waals surface area contributed by atoms with E-state index in [4.69, 9.17) is 4.52 Å². The van der Waals surface area contributed by atoms with Crippen LogP contribution in [0.2, 0.25) is 0 Å². The van der Waals surface area contributed by atoms with Gasteiger partial charge >= 0.3 is 0 Å². The van der Waals surface area contributed by atoms with Gasteiger partial charge in [0.05, 0.1) is 5.69 Å². The van der Waals surface area contributed by atoms with E-state index in [0.29, 0.717) is 5.71 Å². The number of rotatable bonds is 4. The SMILES string of the molecule is Cc1noc2ncnc(N3CC[C@H](C4CCN(CC(C)C)CC4)C3)c12. The van der Waals surface area contributed by atoms with E-state index in [1.807, 2.05) is 6.92 Å². The molecule has 2 aliphatic rings. The molecule has 0 radical (unpaired) electrons. The van der Waals surface area contributed by atoms with Crippen LogP contribution in [0.5, 0.6) is 0 Å². The second kappa shape index (κ2) is 6.90. The fraction of sp³-hybridized carbons (Fsp3) is 0.737. The predicted molar refractivity (Wildman–Crippen MR) is 98.7 cm³/mol. The van der Waals surface area contributed by atoms with Gasteiger partial charge in [0.1, 0.15) is 17.5 Å². The van der Waals surface area contributed by atoms with Gasteiger partial charge in [0.2, 0.25) is 0 Å². The summed E-state index contributed by atoms with van der Waals surface area (Å²) in [5.74, 6) is 3.41. The molecule has 6 nitrogen and oxygen atoms in total. The number of aryl methyl sites for hydroxylation is 1. The van der Waals surface area contributed by atoms with Crippen molar-refractivity contribution in [1.82, 2.24) is 20.0 Å². The number of hydrogen-bond donors (Lipinski definition) is 0. The monoisotopic (exact) mass is 343 g/mol. The van der Waals surface area contributed by atoms with Crippen LogP contribution in [0, 0.1) is 24.7 Å². The standard InChI is InChI=1S/C19H29N5O/c1-13(2)10-23-7-4-15(5-8-23)16-6-9-24(11-16)18-17-14(3)22-25-19(17)21-12-20-18/h12-13,15-16H,4-11H2,1-3H3/t16-/m0/s1. The van der Waals surface area contributed by atoms with Gasteiger partial charge in [0.25, 0.3) is 5.71 Å². The highest BCUT2D eigenvalue weighted by atomic mass is 16.5. The van der Waals surface area contributed by atoms with Gasteiger partial charge in [-0.3, -0.25) is 0 Å². The van der Waals surface area contributed by atoms with Crippen LogP contribution in [-0.4, -0.2) is 52.7 Å². The van der Waals surface area contributed by atoms with Crippen LogP contribution in [0.3, 0.4) is 0 Å². The number of hydrogen-bond acceptors (Lipinski definition) is 6. The summed E-state index contributed by atoms with van der Waals surface area (Å²) < 4.78 is 5.30. The van der Waals surface area contributed by atoms with E-state index in [0.717, 1.165) is 47.7 Å². The Morgan fingerprint density at radius 1 is 1.12 bits per heavy atom. The van der Waals surface area contributed by atoms with Crippen molar-refractivity contribution in [1.29, 1.82) is 0 Å². The third-order valence-electron chi connectivity index (χ3n) is 5.87. The molecule has 6 heteroatoms. The minimum atomic E-state index is 0.605. The first-order valence-electron chi connectivity index (χ1n) is 9.66. The highest BCUT2D eigenvalue weighted by molar-refractivity contribution is 5.87. The molecule has 2 fully saturated rings. The van der Waals surface area contributed by atoms with E-state index < -0.39 is 0 Å². The Hall–Kier alpha value is -1.69. The second-order valence-electron chi connectivity index (χ2n) is 8.17. The molecule has 136 valence electrons. The average Bonchev–Trinajstić information content (AvgIpc) is 3.23. The third kappa shape index (κ3) is 3.36. The summed E-state index contributed by atoms with van der Waals surface area (Å²) in [5, 5.41) is 5.04. The van der Waals surface area contributed by atoms with Gasteiger partial charge in [0, 0.05) is 19.6 Å². The molecule has 4 heterocycles. The predicted octanol–water partition coefficient (Wildman–Crippen LogP) is 3.12. The molecule has 0 bridgehead atoms. The second-order valence-corrected chi connectivity index (χ2v) is 8.17. The highest BCUT2D eigenvalue weighted by Gasteiger charge is 2.33. The van der Waals surface area contributed by atoms with E-state index in [2.05, 4.69) is 38.8 Å². The molecule has 2 aliphatic heterocycles. The Bertz CT molecular complexity index is 720. The number of aromatic nitrogens is 3. The largest absolute Gasteiger partial charge is 0.356 e. The van der Waals surface area contributed by atoms with Crippen LogP contribution in [-0.2, 0) is 0 Å². The number of nitrogens with zero attached hydrogens (tertiary/aromatic N) is 5. The third-order valence-corrected chi connectivity index (χ3v) is 5.87. The zero-order valence-corrected chi connectivity index (χ0v) is 15.6. The molecule has 0 unspecified atom stereocenters. The average molecular weight is 343 g/mol. The summed E-state index contributed by atoms with van der Waals surface area (Å²) in [7, 11) is 0. The van der Waals surface area contributed by atoms with E-state index >= 15 is 0 Å². The van der Waals surface area contributed by atoms with Gasteiger partial charge in [-0.15, -0.1) is 0 Å². The van der Waals surface area contributed by atoms with Gasteiger partial charge in [-0.05, 0) is 57.0 Å². The molecular formula is C19H29N5O. The van der Waals surface area contributed by atoms with Gasteiger partial charge in [-0.2, -0.15) is 4.98 Å². The topological polar surface area (TPSA) is 58.3 Å². The Morgan fingerprint density at radius 2 is 1.88 bits per heavy atom. The van der Waals surface area contributed by atoms with Crippen LogP contribution < -0.4 is 4.90 Å². The molecule has 0 saturated carbocycles. The maximum atomic E-state index is 5.30. The molecule has 2 aromatic rings. The first kappa shape index (κ1) is 16.8. The Kier molecular flexibility index (Phi) is 4.63. The van der Waals surface area contributed by atoms with Crippen LogP contribution in [0.15, 0.2) is 10.9 Å². The molecule has 2 saturated heterocycles. The van der Waals surface area contributed by atoms with Crippen molar-refractivity contribution in [2.24, 2.45) is 17.8 Å². The van der Waals surface area contributed by atoms with Crippen LogP contribution in [0.4, 0.5) is 5.82 Å². The summed E-state index contributed by atoms with van der Waals surface area (Å²) in [6, 6.07) is 0. The molecule has 25 heavy (non-hydrogen) atoms. The van der Waals surface area contributed by atoms with Crippen molar-refractivity contribution in [2.45, 2.75) is 40.0 Å². The molecule has 0 N–H and O–H groups in total. The summed E-state index contributed by atoms with van der Waals surface area (Å²) in [4.78, 5) is 13.8. The summed E-state index contributed by atoms with van der Waals surface area (Å²) in [6.45, 7) is 12.6. The quantitative estimate of drug-likeness (QED) is 0.850. The molecule has 0 aliphatic carbocycles. The Morgan fingerprint density at radius 3 is 2.64 bits per heavy atom. The number of fused-ring (bicyclic) bond motifs is 1. The zero-order valence-electron chi connectivity index (χ0n) is 15.6. The van der Waals surface area contributed by atoms with E-state index in [1.165, 1.54) is 38.9 Å². The minimum absolute atomic E-state index is 0.605. The van der Waals surface area contributed by atoms with Crippen molar-refractivity contribution < 1.29 is 4.52 Å². The lowest BCUT2D eigenvalue weighted by Gasteiger charge is -2.35. The van der Waals surface area contributed by atoms with Crippen molar-refractivity contribution in [3.05, 3.63) is 12.0 Å². The summed E-state index contributed by atoms with van der Waals surface area (Å²) >= 11 is 0. The van der Waals surface area contributed by atoms with E-state index in [9.17, 15) is 0 Å². The molecule has 0 aromatic carbocycles. The number of likely N-dealkylation sites (tertiary alicyclic amines) is 1. The zero-order chi connectivity index (χ0) is 17.4. The van der Waals surface area contributed by atoms with Gasteiger partial charge in [-0.1, -0.05) is 19.0 Å². The van der Waals surface area contributed by atoms with Crippen molar-refractivity contribution >= 4 is 16.9 Å². The van der Waals surface area contributed by atoms with Gasteiger partial charge in [-0.25, -0.2) is 4.98 Å². The molecule has 1 atom stereocenters. The van der Waals surface area contributed by atoms with Crippen LogP contribution >= 0.6 is 0 Å². The van der Waals surface area contributed by atoms with Gasteiger partial charge in [0.15, 0.2) is 0 Å². The maximum Gasteiger partial charge on any atom is 0.263 e. The number of anilines is 1. The lowest BCUT2D eigenvalue weighted by molar-refractivity contribution is 0.141. The molecule has 0 spiro atoms. The van der Waals surface area contributed by atoms with E-state index in [-0.39, 0.29) is 0 Å². The lowest BCUT2D eigenvalue weighted by atomic mass is 9.83. The van der Waals surface area contributed by atoms with Crippen molar-refractivity contribution in [3.8, 4) is 0 Å².